The number of benzene rings is 1. The Balaban J connectivity index is 1.86. The summed E-state index contributed by atoms with van der Waals surface area (Å²) in [6.45, 7) is 0. The Kier molecular flexibility index (Phi) is 3.50. The number of halogens is 3. The van der Waals surface area contributed by atoms with Gasteiger partial charge in [-0.2, -0.15) is 0 Å². The molecule has 0 saturated carbocycles. The van der Waals surface area contributed by atoms with Gasteiger partial charge in [0.15, 0.2) is 0 Å². The third-order valence-electron chi connectivity index (χ3n) is 3.30. The van der Waals surface area contributed by atoms with Crippen LogP contribution in [-0.4, -0.2) is 18.3 Å². The van der Waals surface area contributed by atoms with Crippen LogP contribution in [0, 0.1) is 5.92 Å². The van der Waals surface area contributed by atoms with Crippen LogP contribution in [0.4, 0.5) is 13.2 Å². The van der Waals surface area contributed by atoms with Crippen LogP contribution in [0.15, 0.2) is 34.2 Å². The fourth-order valence-corrected chi connectivity index (χ4v) is 3.79. The van der Waals surface area contributed by atoms with Gasteiger partial charge in [-0.1, -0.05) is 0 Å². The van der Waals surface area contributed by atoms with E-state index in [1.54, 1.807) is 23.9 Å². The average Bonchev–Trinajstić information content (AvgIpc) is 2.86. The van der Waals surface area contributed by atoms with Crippen molar-refractivity contribution >= 4 is 23.7 Å². The van der Waals surface area contributed by atoms with Gasteiger partial charge in [-0.25, -0.2) is 0 Å². The van der Waals surface area contributed by atoms with Crippen LogP contribution in [0.1, 0.15) is 18.4 Å². The van der Waals surface area contributed by atoms with Gasteiger partial charge in [0.1, 0.15) is 5.75 Å². The molecule has 1 atom stereocenters. The van der Waals surface area contributed by atoms with Crippen LogP contribution in [0.2, 0.25) is 0 Å². The van der Waals surface area contributed by atoms with Gasteiger partial charge in [0, 0.05) is 16.7 Å². The second-order valence-corrected chi connectivity index (χ2v) is 5.80. The van der Waals surface area contributed by atoms with E-state index in [-0.39, 0.29) is 5.75 Å². The molecule has 106 valence electrons. The molecule has 1 saturated heterocycles. The molecule has 1 fully saturated rings. The van der Waals surface area contributed by atoms with E-state index in [0.29, 0.717) is 5.92 Å². The van der Waals surface area contributed by atoms with Gasteiger partial charge in [0.2, 0.25) is 0 Å². The van der Waals surface area contributed by atoms with Crippen molar-refractivity contribution in [2.75, 3.05) is 5.75 Å². The molecule has 0 amide bonds. The monoisotopic (exact) mass is 299 g/mol. The third kappa shape index (κ3) is 2.85. The maximum atomic E-state index is 12.1. The van der Waals surface area contributed by atoms with Gasteiger partial charge in [-0.05, 0) is 48.8 Å². The Morgan fingerprint density at radius 2 is 1.95 bits per heavy atom. The molecule has 1 aromatic rings. The highest BCUT2D eigenvalue weighted by Gasteiger charge is 2.31. The molecule has 1 aromatic carbocycles. The van der Waals surface area contributed by atoms with E-state index >= 15 is 0 Å². The summed E-state index contributed by atoms with van der Waals surface area (Å²) in [6, 6.07) is 5.91. The number of alkyl halides is 3. The quantitative estimate of drug-likeness (QED) is 0.803. The number of ether oxygens (including phenoxy) is 1. The van der Waals surface area contributed by atoms with Crippen LogP contribution >= 0.6 is 11.8 Å². The topological polar surface area (TPSA) is 21.6 Å². The maximum Gasteiger partial charge on any atom is 0.573 e. The lowest BCUT2D eigenvalue weighted by Crippen LogP contribution is -2.17. The molecule has 0 N–H and O–H groups in total. The zero-order valence-corrected chi connectivity index (χ0v) is 11.3. The Hall–Kier alpha value is -1.43. The Morgan fingerprint density at radius 1 is 1.20 bits per heavy atom. The van der Waals surface area contributed by atoms with Gasteiger partial charge in [-0.15, -0.1) is 24.9 Å². The van der Waals surface area contributed by atoms with Gasteiger partial charge in [0.05, 0.1) is 5.70 Å². The number of fused-ring (bicyclic) bond motifs is 1. The number of rotatable bonds is 2. The Bertz CT molecular complexity index is 563. The molecule has 2 aliphatic heterocycles. The van der Waals surface area contributed by atoms with Crippen molar-refractivity contribution in [3.63, 3.8) is 0 Å². The first kappa shape index (κ1) is 13.5. The third-order valence-corrected chi connectivity index (χ3v) is 4.58. The molecular formula is C14H12F3NOS. The number of thioether (sulfide) groups is 1. The zero-order valence-electron chi connectivity index (χ0n) is 10.5. The number of allylic oxidation sites excluding steroid dienone is 1. The number of hydrogen-bond donors (Lipinski definition) is 0. The number of aliphatic imine (C=N–C) groups is 1. The molecule has 0 aliphatic carbocycles. The second kappa shape index (κ2) is 5.16. The summed E-state index contributed by atoms with van der Waals surface area (Å²) < 4.78 is 40.2. The highest BCUT2D eigenvalue weighted by molar-refractivity contribution is 8.03. The van der Waals surface area contributed by atoms with Gasteiger partial charge >= 0.3 is 6.36 Å². The molecule has 6 heteroatoms. The van der Waals surface area contributed by atoms with E-state index in [2.05, 4.69) is 9.73 Å². The van der Waals surface area contributed by atoms with Crippen molar-refractivity contribution < 1.29 is 17.9 Å². The van der Waals surface area contributed by atoms with Crippen LogP contribution in [0.3, 0.4) is 0 Å². The second-order valence-electron chi connectivity index (χ2n) is 4.67. The van der Waals surface area contributed by atoms with E-state index in [1.807, 2.05) is 6.21 Å². The van der Waals surface area contributed by atoms with E-state index in [1.165, 1.54) is 17.0 Å². The largest absolute Gasteiger partial charge is 0.573 e. The lowest BCUT2D eigenvalue weighted by Gasteiger charge is -2.17. The molecule has 2 aliphatic rings. The Labute approximate surface area is 118 Å². The van der Waals surface area contributed by atoms with Gasteiger partial charge < -0.3 is 4.74 Å². The van der Waals surface area contributed by atoms with Crippen molar-refractivity contribution in [2.45, 2.75) is 19.2 Å². The highest BCUT2D eigenvalue weighted by Crippen LogP contribution is 2.45. The van der Waals surface area contributed by atoms with Crippen LogP contribution < -0.4 is 4.74 Å². The first-order valence-electron chi connectivity index (χ1n) is 6.28. The van der Waals surface area contributed by atoms with E-state index < -0.39 is 6.36 Å². The van der Waals surface area contributed by atoms with Crippen molar-refractivity contribution in [1.29, 1.82) is 0 Å². The summed E-state index contributed by atoms with van der Waals surface area (Å²) >= 11 is 1.80. The SMILES string of the molecule is FC(F)(F)Oc1ccc(C2=C3SCCC3CC=N2)cc1. The van der Waals surface area contributed by atoms with Crippen LogP contribution in [0.5, 0.6) is 5.75 Å². The summed E-state index contributed by atoms with van der Waals surface area (Å²) in [4.78, 5) is 5.68. The molecule has 2 heterocycles. The molecule has 0 aromatic heterocycles. The fraction of sp³-hybridized carbons (Fsp3) is 0.357. The number of hydrogen-bond acceptors (Lipinski definition) is 3. The predicted octanol–water partition coefficient (Wildman–Crippen LogP) is 4.48. The van der Waals surface area contributed by atoms with Gasteiger partial charge in [0.25, 0.3) is 0 Å². The summed E-state index contributed by atoms with van der Waals surface area (Å²) in [5, 5.41) is 0. The maximum absolute atomic E-state index is 12.1. The fourth-order valence-electron chi connectivity index (χ4n) is 2.41. The molecule has 2 nitrogen and oxygen atoms in total. The van der Waals surface area contributed by atoms with Gasteiger partial charge in [-0.3, -0.25) is 4.99 Å². The lowest BCUT2D eigenvalue weighted by atomic mass is 9.97. The molecule has 0 radical (unpaired) electrons. The molecule has 0 spiro atoms. The van der Waals surface area contributed by atoms with Crippen LogP contribution in [0.25, 0.3) is 5.70 Å². The predicted molar refractivity (Wildman–Crippen MR) is 73.7 cm³/mol. The average molecular weight is 299 g/mol. The van der Waals surface area contributed by atoms with E-state index in [4.69, 9.17) is 0 Å². The van der Waals surface area contributed by atoms with Crippen molar-refractivity contribution in [3.8, 4) is 5.75 Å². The molecule has 3 rings (SSSR count). The first-order chi connectivity index (χ1) is 9.53. The molecule has 20 heavy (non-hydrogen) atoms. The van der Waals surface area contributed by atoms with Crippen molar-refractivity contribution in [2.24, 2.45) is 10.9 Å². The summed E-state index contributed by atoms with van der Waals surface area (Å²) in [7, 11) is 0. The first-order valence-corrected chi connectivity index (χ1v) is 7.27. The standard InChI is InChI=1S/C14H12F3NOS/c15-14(16,17)19-11-3-1-9(2-4-11)12-13-10(5-7-18-12)6-8-20-13/h1-4,7,10H,5-6,8H2. The normalized spacial score (nSPS) is 22.1. The minimum Gasteiger partial charge on any atom is -0.406 e. The molecular weight excluding hydrogens is 287 g/mol. The van der Waals surface area contributed by atoms with E-state index in [0.717, 1.165) is 29.9 Å². The molecule has 1 unspecified atom stereocenters. The highest BCUT2D eigenvalue weighted by atomic mass is 32.2. The summed E-state index contributed by atoms with van der Waals surface area (Å²) in [5.74, 6) is 1.41. The minimum atomic E-state index is -4.65. The Morgan fingerprint density at radius 3 is 2.65 bits per heavy atom. The number of nitrogens with zero attached hydrogens (tertiary/aromatic N) is 1. The van der Waals surface area contributed by atoms with E-state index in [9.17, 15) is 13.2 Å². The smallest absolute Gasteiger partial charge is 0.406 e. The van der Waals surface area contributed by atoms with Crippen LogP contribution in [-0.2, 0) is 0 Å². The van der Waals surface area contributed by atoms with Crippen molar-refractivity contribution in [3.05, 3.63) is 34.7 Å². The summed E-state index contributed by atoms with van der Waals surface area (Å²) in [5.41, 5.74) is 1.73. The lowest BCUT2D eigenvalue weighted by molar-refractivity contribution is -0.274. The zero-order chi connectivity index (χ0) is 14.2. The minimum absolute atomic E-state index is 0.206. The summed E-state index contributed by atoms with van der Waals surface area (Å²) in [6.07, 6.45) is -0.653. The molecule has 0 bridgehead atoms. The van der Waals surface area contributed by atoms with Crippen molar-refractivity contribution in [1.82, 2.24) is 0 Å².